The van der Waals surface area contributed by atoms with Gasteiger partial charge in [-0.1, -0.05) is 0 Å². The molecule has 0 spiro atoms. The number of aliphatic hydroxyl groups excluding tert-OH is 5. The number of aliphatic hydroxyl groups is 5. The van der Waals surface area contributed by atoms with Crippen LogP contribution in [-0.2, 0) is 0 Å². The smallest absolute Gasteiger partial charge is 0.112 e. The maximum absolute atomic E-state index is 9.18. The van der Waals surface area contributed by atoms with Gasteiger partial charge in [0.15, 0.2) is 0 Å². The molecule has 0 aromatic rings. The van der Waals surface area contributed by atoms with Crippen molar-refractivity contribution in [1.29, 1.82) is 5.26 Å². The lowest BCUT2D eigenvalue weighted by Gasteiger charge is -2.23. The molecule has 5 N–H and O–H groups in total. The van der Waals surface area contributed by atoms with Crippen molar-refractivity contribution in [1.82, 2.24) is 0 Å². The average Bonchev–Trinajstić information content (AvgIpc) is 2.22. The van der Waals surface area contributed by atoms with Crippen LogP contribution in [0.5, 0.6) is 0 Å². The highest BCUT2D eigenvalue weighted by Crippen LogP contribution is 2.05. The molecular formula is C8H13NO5. The number of allylic oxidation sites excluding steroid dienone is 1. The molecule has 6 nitrogen and oxygen atoms in total. The van der Waals surface area contributed by atoms with Crippen LogP contribution >= 0.6 is 0 Å². The van der Waals surface area contributed by atoms with Crippen LogP contribution in [0, 0.1) is 11.3 Å². The molecule has 0 saturated carbocycles. The molecule has 6 heteroatoms. The minimum atomic E-state index is -1.67. The van der Waals surface area contributed by atoms with Crippen molar-refractivity contribution in [3.8, 4) is 6.07 Å². The third-order valence-electron chi connectivity index (χ3n) is 1.65. The van der Waals surface area contributed by atoms with Gasteiger partial charge in [-0.25, -0.2) is 0 Å². The van der Waals surface area contributed by atoms with Crippen LogP contribution in [0.1, 0.15) is 0 Å². The Hall–Kier alpha value is -0.970. The molecule has 80 valence electrons. The first-order valence-corrected chi connectivity index (χ1v) is 3.94. The molecule has 0 radical (unpaired) electrons. The summed E-state index contributed by atoms with van der Waals surface area (Å²) in [6.45, 7) is -0.729. The number of hydrogen-bond donors (Lipinski definition) is 5. The van der Waals surface area contributed by atoms with E-state index in [0.29, 0.717) is 0 Å². The summed E-state index contributed by atoms with van der Waals surface area (Å²) >= 11 is 0. The summed E-state index contributed by atoms with van der Waals surface area (Å²) in [5.74, 6) is 0. The quantitative estimate of drug-likeness (QED) is 0.315. The summed E-state index contributed by atoms with van der Waals surface area (Å²) in [6.07, 6.45) is -4.41. The molecule has 0 fully saturated rings. The van der Waals surface area contributed by atoms with Crippen LogP contribution in [0.3, 0.4) is 0 Å². The van der Waals surface area contributed by atoms with E-state index >= 15 is 0 Å². The summed E-state index contributed by atoms with van der Waals surface area (Å²) in [5.41, 5.74) is 0. The van der Waals surface area contributed by atoms with Crippen LogP contribution in [0.2, 0.25) is 0 Å². The van der Waals surface area contributed by atoms with E-state index in [0.717, 1.165) is 12.2 Å². The maximum atomic E-state index is 9.18. The molecule has 0 aromatic heterocycles. The lowest BCUT2D eigenvalue weighted by atomic mass is 10.0. The second kappa shape index (κ2) is 6.48. The summed E-state index contributed by atoms with van der Waals surface area (Å²) in [4.78, 5) is 0. The molecule has 0 saturated heterocycles. The van der Waals surface area contributed by atoms with Crippen molar-refractivity contribution >= 4 is 0 Å². The standard InChI is InChI=1S/C8H13NO5/c9-3-1-2-5(11)7(13)8(14)6(12)4-10/h1-2,5-8,10-14H,4H2/b2-1+/t5-,6+,7+,8+/m0/s1. The Bertz CT molecular complexity index is 224. The number of nitrogens with zero attached hydrogens (tertiary/aromatic N) is 1. The second-order valence-electron chi connectivity index (χ2n) is 2.71. The zero-order chi connectivity index (χ0) is 11.1. The molecule has 0 aromatic carbocycles. The van der Waals surface area contributed by atoms with Gasteiger partial charge in [0, 0.05) is 6.08 Å². The summed E-state index contributed by atoms with van der Waals surface area (Å²) in [7, 11) is 0. The molecule has 0 aliphatic carbocycles. The van der Waals surface area contributed by atoms with Crippen LogP contribution in [0.4, 0.5) is 0 Å². The maximum Gasteiger partial charge on any atom is 0.112 e. The fourth-order valence-electron chi connectivity index (χ4n) is 0.793. The van der Waals surface area contributed by atoms with E-state index < -0.39 is 31.0 Å². The minimum Gasteiger partial charge on any atom is -0.394 e. The van der Waals surface area contributed by atoms with Gasteiger partial charge in [0.1, 0.15) is 24.4 Å². The molecule has 0 aliphatic heterocycles. The summed E-state index contributed by atoms with van der Waals surface area (Å²) in [6, 6.07) is 1.59. The van der Waals surface area contributed by atoms with E-state index in [-0.39, 0.29) is 0 Å². The van der Waals surface area contributed by atoms with Crippen LogP contribution in [-0.4, -0.2) is 56.6 Å². The van der Waals surface area contributed by atoms with Gasteiger partial charge in [-0.05, 0) is 6.08 Å². The van der Waals surface area contributed by atoms with E-state index in [4.69, 9.17) is 25.7 Å². The predicted molar refractivity (Wildman–Crippen MR) is 45.9 cm³/mol. The van der Waals surface area contributed by atoms with Gasteiger partial charge in [0.05, 0.1) is 12.7 Å². The highest BCUT2D eigenvalue weighted by Gasteiger charge is 2.28. The van der Waals surface area contributed by atoms with Gasteiger partial charge in [-0.15, -0.1) is 0 Å². The Morgan fingerprint density at radius 2 is 1.71 bits per heavy atom. The van der Waals surface area contributed by atoms with Crippen LogP contribution < -0.4 is 0 Å². The molecule has 0 heterocycles. The average molecular weight is 203 g/mol. The molecule has 0 amide bonds. The normalized spacial score (nSPS) is 20.0. The molecule has 14 heavy (non-hydrogen) atoms. The molecule has 0 rings (SSSR count). The monoisotopic (exact) mass is 203 g/mol. The van der Waals surface area contributed by atoms with Crippen LogP contribution in [0.25, 0.3) is 0 Å². The SMILES string of the molecule is N#C/C=C/[C@H](O)[C@@H](O)[C@H](O)[C@H](O)CO. The van der Waals surface area contributed by atoms with E-state index in [1.165, 1.54) is 0 Å². The lowest BCUT2D eigenvalue weighted by Crippen LogP contribution is -2.45. The summed E-state index contributed by atoms with van der Waals surface area (Å²) in [5, 5.41) is 52.9. The predicted octanol–water partition coefficient (Wildman–Crippen LogP) is -2.50. The fourth-order valence-corrected chi connectivity index (χ4v) is 0.793. The molecule has 4 atom stereocenters. The van der Waals surface area contributed by atoms with Crippen molar-refractivity contribution in [3.63, 3.8) is 0 Å². The zero-order valence-corrected chi connectivity index (χ0v) is 7.35. The highest BCUT2D eigenvalue weighted by atomic mass is 16.4. The highest BCUT2D eigenvalue weighted by molar-refractivity contribution is 5.06. The van der Waals surface area contributed by atoms with Crippen molar-refractivity contribution in [3.05, 3.63) is 12.2 Å². The third kappa shape index (κ3) is 3.83. The first kappa shape index (κ1) is 13.0. The Morgan fingerprint density at radius 3 is 2.14 bits per heavy atom. The van der Waals surface area contributed by atoms with Crippen molar-refractivity contribution < 1.29 is 25.5 Å². The molecule has 0 bridgehead atoms. The molecule has 0 unspecified atom stereocenters. The Labute approximate surface area is 81.0 Å². The van der Waals surface area contributed by atoms with E-state index in [1.807, 2.05) is 0 Å². The first-order chi connectivity index (χ1) is 6.54. The summed E-state index contributed by atoms with van der Waals surface area (Å²) < 4.78 is 0. The second-order valence-corrected chi connectivity index (χ2v) is 2.71. The van der Waals surface area contributed by atoms with Gasteiger partial charge in [-0.2, -0.15) is 5.26 Å². The van der Waals surface area contributed by atoms with Gasteiger partial charge in [0.2, 0.25) is 0 Å². The lowest BCUT2D eigenvalue weighted by molar-refractivity contribution is -0.104. The van der Waals surface area contributed by atoms with Crippen molar-refractivity contribution in [2.45, 2.75) is 24.4 Å². The van der Waals surface area contributed by atoms with E-state index in [2.05, 4.69) is 0 Å². The van der Waals surface area contributed by atoms with Crippen molar-refractivity contribution in [2.75, 3.05) is 6.61 Å². The first-order valence-electron chi connectivity index (χ1n) is 3.94. The molecular weight excluding hydrogens is 190 g/mol. The van der Waals surface area contributed by atoms with E-state index in [1.54, 1.807) is 6.07 Å². The number of hydrogen-bond acceptors (Lipinski definition) is 6. The molecule has 0 aliphatic rings. The number of nitriles is 1. The Morgan fingerprint density at radius 1 is 1.14 bits per heavy atom. The zero-order valence-electron chi connectivity index (χ0n) is 7.35. The van der Waals surface area contributed by atoms with Crippen LogP contribution in [0.15, 0.2) is 12.2 Å². The largest absolute Gasteiger partial charge is 0.394 e. The minimum absolute atomic E-state index is 0.729. The fraction of sp³-hybridized carbons (Fsp3) is 0.625. The van der Waals surface area contributed by atoms with Gasteiger partial charge in [0.25, 0.3) is 0 Å². The topological polar surface area (TPSA) is 125 Å². The Kier molecular flexibility index (Phi) is 6.03. The van der Waals surface area contributed by atoms with Gasteiger partial charge in [-0.3, -0.25) is 0 Å². The third-order valence-corrected chi connectivity index (χ3v) is 1.65. The van der Waals surface area contributed by atoms with Gasteiger partial charge >= 0.3 is 0 Å². The van der Waals surface area contributed by atoms with E-state index in [9.17, 15) is 5.11 Å². The van der Waals surface area contributed by atoms with Crippen molar-refractivity contribution in [2.24, 2.45) is 0 Å². The number of rotatable bonds is 5. The Balaban J connectivity index is 4.24. The van der Waals surface area contributed by atoms with Gasteiger partial charge < -0.3 is 25.5 Å².